The van der Waals surface area contributed by atoms with Crippen molar-refractivity contribution in [2.75, 3.05) is 70.4 Å². The maximum atomic E-state index is 13.2. The van der Waals surface area contributed by atoms with Gasteiger partial charge in [0.1, 0.15) is 24.1 Å². The Morgan fingerprint density at radius 1 is 0.924 bits per heavy atom. The van der Waals surface area contributed by atoms with Gasteiger partial charge in [0.2, 0.25) is 11.8 Å². The van der Waals surface area contributed by atoms with Crippen molar-refractivity contribution in [1.29, 1.82) is 0 Å². The Labute approximate surface area is 380 Å². The predicted molar refractivity (Wildman–Crippen MR) is 225 cm³/mol. The van der Waals surface area contributed by atoms with Crippen LogP contribution in [0.25, 0.3) is 0 Å². The third kappa shape index (κ3) is 18.6. The molecule has 66 heavy (non-hydrogen) atoms. The highest BCUT2D eigenvalue weighted by molar-refractivity contribution is 8.00. The van der Waals surface area contributed by atoms with Crippen LogP contribution in [0.15, 0.2) is 6.33 Å². The van der Waals surface area contributed by atoms with Crippen molar-refractivity contribution in [3.63, 3.8) is 0 Å². The molecule has 3 aliphatic rings. The lowest BCUT2D eigenvalue weighted by molar-refractivity contribution is -0.122. The van der Waals surface area contributed by atoms with Gasteiger partial charge in [-0.1, -0.05) is 6.42 Å². The molecule has 1 aromatic heterocycles. The van der Waals surface area contributed by atoms with Gasteiger partial charge in [-0.15, -0.1) is 0 Å². The first kappa shape index (κ1) is 55.3. The fraction of sp³-hybridized carbons (Fsp3) is 0.750. The first-order chi connectivity index (χ1) is 31.0. The molecule has 0 aliphatic carbocycles. The predicted octanol–water partition coefficient (Wildman–Crippen LogP) is -2.15. The molecular weight excluding hydrogens is 971 g/mol. The number of amides is 7. The molecule has 1 aromatic rings. The molecule has 34 heteroatoms. The van der Waals surface area contributed by atoms with Crippen LogP contribution in [0.3, 0.4) is 0 Å². The summed E-state index contributed by atoms with van der Waals surface area (Å²) in [5.41, 5.74) is 4.78. The molecule has 14 N–H and O–H groups in total. The van der Waals surface area contributed by atoms with Crippen molar-refractivity contribution in [3.8, 4) is 0 Å². The van der Waals surface area contributed by atoms with Gasteiger partial charge in [0, 0.05) is 43.0 Å². The first-order valence-electron chi connectivity index (χ1n) is 20.2. The number of anilines is 1. The molecule has 3 saturated heterocycles. The number of phosphoric acid groups is 3. The number of nitrogens with one attached hydrogen (secondary N) is 6. The average Bonchev–Trinajstić information content (AvgIpc) is 3.95. The number of nitrogens with zero attached hydrogens (tertiary/aromatic N) is 2. The lowest BCUT2D eigenvalue weighted by atomic mass is 10.0. The van der Waals surface area contributed by atoms with E-state index in [1.165, 1.54) is 6.92 Å². The molecule has 0 bridgehead atoms. The van der Waals surface area contributed by atoms with E-state index in [1.54, 1.807) is 0 Å². The van der Waals surface area contributed by atoms with E-state index in [0.29, 0.717) is 38.0 Å². The zero-order chi connectivity index (χ0) is 48.7. The third-order valence-electron chi connectivity index (χ3n) is 9.51. The highest BCUT2D eigenvalue weighted by Gasteiger charge is 2.48. The van der Waals surface area contributed by atoms with Crippen LogP contribution in [0.1, 0.15) is 55.7 Å². The molecule has 10 atom stereocenters. The van der Waals surface area contributed by atoms with Gasteiger partial charge in [-0.3, -0.25) is 28.8 Å². The van der Waals surface area contributed by atoms with Crippen LogP contribution in [0.2, 0.25) is 0 Å². The minimum absolute atomic E-state index is 0.0400. The van der Waals surface area contributed by atoms with Gasteiger partial charge in [-0.25, -0.2) is 28.3 Å². The minimum atomic E-state index is -5.85. The maximum absolute atomic E-state index is 13.2. The number of urea groups is 2. The molecule has 4 rings (SSSR count). The Hall–Kier alpha value is -3.32. The van der Waals surface area contributed by atoms with Crippen molar-refractivity contribution >= 4 is 70.8 Å². The number of fused-ring (bicyclic) bond motifs is 1. The molecule has 0 spiro atoms. The van der Waals surface area contributed by atoms with Gasteiger partial charge < -0.3 is 81.1 Å². The maximum Gasteiger partial charge on any atom is 0.490 e. The number of carbonyl (C=O) groups excluding carboxylic acids is 5. The summed E-state index contributed by atoms with van der Waals surface area (Å²) in [7, 11) is -17.2. The van der Waals surface area contributed by atoms with E-state index in [1.807, 2.05) is 11.8 Å². The monoisotopic (exact) mass is 1030 g/mol. The summed E-state index contributed by atoms with van der Waals surface area (Å²) < 4.78 is 68.9. The first-order valence-corrected chi connectivity index (χ1v) is 25.8. The summed E-state index contributed by atoms with van der Waals surface area (Å²) in [5, 5.41) is 37.5. The highest BCUT2D eigenvalue weighted by Crippen LogP contribution is 2.66. The second-order valence-electron chi connectivity index (χ2n) is 14.8. The number of aliphatic hydroxyl groups is 2. The van der Waals surface area contributed by atoms with Gasteiger partial charge >= 0.3 is 35.5 Å². The van der Waals surface area contributed by atoms with Crippen molar-refractivity contribution in [1.82, 2.24) is 36.1 Å². The van der Waals surface area contributed by atoms with Gasteiger partial charge in [0.25, 0.3) is 5.91 Å². The summed E-state index contributed by atoms with van der Waals surface area (Å²) in [6.45, 7) is 2.49. The number of aliphatic hydroxyl groups excluding tert-OH is 2. The second kappa shape index (κ2) is 25.9. The lowest BCUT2D eigenvalue weighted by Crippen LogP contribution is -2.38. The number of thioether (sulfide) groups is 1. The normalized spacial score (nSPS) is 24.9. The number of rotatable bonds is 30. The SMILES string of the molecule is C[C@@H](CC(=O)NCCOCCOCCOCCNC(=O)CCCC[C@@H]1SC[C@@H]2NC(=O)N[C@@H]21)NC(=O)c1ncn(C2O[C@H](COP(=O)(O)OP(=O)(O)OP(=O)(O)O)[C@@H](O)[C@H]2O)c1NC(N)=O. The number of phosphoric ester groups is 1. The standard InChI is InChI=1S/C32H56N9O21P3S/c1-18(14-23(43)35-7-9-57-11-13-58-12-10-56-8-6-34-22(42)5-3-2-4-21-24-19(16-66-21)38-32(48)39-24)37-29(46)25-28(40-31(33)47)41(17-36-25)30-27(45)26(44)20(60-30)15-59-64(52,53)62-65(54,55)61-63(49,50)51/h17-21,24,26-27,30,44-45H,2-16H2,1H3,(H,34,42)(H,35,43)(H,37,46)(H,52,53)(H,54,55)(H3,33,40,47)(H2,38,39,48)(H2,49,50,51)/t18-,19-,20+,21-,24-,26+,27+,30?/m0/s1. The fourth-order valence-electron chi connectivity index (χ4n) is 6.65. The number of nitrogens with two attached hydrogens (primary N) is 1. The van der Waals surface area contributed by atoms with Crippen LogP contribution >= 0.6 is 35.2 Å². The van der Waals surface area contributed by atoms with Crippen LogP contribution in [0.5, 0.6) is 0 Å². The van der Waals surface area contributed by atoms with Gasteiger partial charge in [0.15, 0.2) is 11.9 Å². The van der Waals surface area contributed by atoms with Gasteiger partial charge in [-0.2, -0.15) is 20.4 Å². The quantitative estimate of drug-likeness (QED) is 0.0222. The Bertz CT molecular complexity index is 1970. The summed E-state index contributed by atoms with van der Waals surface area (Å²) in [4.78, 5) is 101. The van der Waals surface area contributed by atoms with Crippen LogP contribution in [-0.4, -0.2) is 176 Å². The largest absolute Gasteiger partial charge is 0.490 e. The highest BCUT2D eigenvalue weighted by atomic mass is 32.2. The number of primary amides is 1. The third-order valence-corrected chi connectivity index (χ3v) is 14.8. The molecule has 0 saturated carbocycles. The van der Waals surface area contributed by atoms with Gasteiger partial charge in [-0.05, 0) is 19.8 Å². The lowest BCUT2D eigenvalue weighted by Gasteiger charge is -2.20. The van der Waals surface area contributed by atoms with Crippen molar-refractivity contribution in [3.05, 3.63) is 12.0 Å². The summed E-state index contributed by atoms with van der Waals surface area (Å²) in [6, 6.07) is -1.76. The molecule has 3 unspecified atom stereocenters. The van der Waals surface area contributed by atoms with E-state index >= 15 is 0 Å². The van der Waals surface area contributed by atoms with Gasteiger partial charge in [0.05, 0.1) is 64.7 Å². The topological polar surface area (TPSA) is 439 Å². The summed E-state index contributed by atoms with van der Waals surface area (Å²) in [5.74, 6) is -0.963. The average molecular weight is 1030 g/mol. The molecule has 30 nitrogen and oxygen atoms in total. The smallest absolute Gasteiger partial charge is 0.387 e. The van der Waals surface area contributed by atoms with E-state index in [4.69, 9.17) is 34.5 Å². The van der Waals surface area contributed by atoms with Crippen LogP contribution in [-0.2, 0) is 55.4 Å². The number of carbonyl (C=O) groups is 5. The molecule has 0 radical (unpaired) electrons. The number of unbranched alkanes of at least 4 members (excludes halogenated alkanes) is 1. The number of hydrogen-bond donors (Lipinski definition) is 13. The summed E-state index contributed by atoms with van der Waals surface area (Å²) in [6.07, 6.45) is -3.48. The molecule has 7 amide bonds. The number of hydrogen-bond acceptors (Lipinski definition) is 19. The molecular formula is C32H56N9O21P3S. The Morgan fingerprint density at radius 3 is 2.20 bits per heavy atom. The molecule has 3 fully saturated rings. The number of ether oxygens (including phenoxy) is 4. The van der Waals surface area contributed by atoms with Crippen molar-refractivity contribution in [2.24, 2.45) is 5.73 Å². The van der Waals surface area contributed by atoms with Crippen molar-refractivity contribution in [2.45, 2.75) is 86.9 Å². The molecule has 3 aliphatic heterocycles. The van der Waals surface area contributed by atoms with Crippen LogP contribution in [0.4, 0.5) is 15.4 Å². The van der Waals surface area contributed by atoms with Crippen molar-refractivity contribution < 1.29 is 99.5 Å². The molecule has 4 heterocycles. The van der Waals surface area contributed by atoms with Crippen LogP contribution < -0.4 is 37.6 Å². The zero-order valence-corrected chi connectivity index (χ0v) is 38.8. The number of imidazole rings is 1. The van der Waals surface area contributed by atoms with E-state index < -0.39 is 90.0 Å². The molecule has 376 valence electrons. The van der Waals surface area contributed by atoms with E-state index in [9.17, 15) is 57.7 Å². The Balaban J connectivity index is 1.05. The minimum Gasteiger partial charge on any atom is -0.387 e. The Morgan fingerprint density at radius 2 is 1.56 bits per heavy atom. The zero-order valence-electron chi connectivity index (χ0n) is 35.3. The number of aromatic nitrogens is 2. The molecule has 0 aromatic carbocycles. The fourth-order valence-corrected chi connectivity index (χ4v) is 11.2. The van der Waals surface area contributed by atoms with E-state index in [2.05, 4.69) is 50.0 Å². The van der Waals surface area contributed by atoms with Crippen LogP contribution in [0, 0.1) is 0 Å². The Kier molecular flexibility index (Phi) is 21.7. The van der Waals surface area contributed by atoms with E-state index in [0.717, 1.165) is 35.9 Å². The summed E-state index contributed by atoms with van der Waals surface area (Å²) >= 11 is 1.85. The second-order valence-corrected chi connectivity index (χ2v) is 20.4. The van der Waals surface area contributed by atoms with E-state index in [-0.39, 0.29) is 56.8 Å².